The molecule has 0 spiro atoms. The fraction of sp³-hybridized carbons (Fsp3) is 0.650. The van der Waals surface area contributed by atoms with Crippen LogP contribution in [0.4, 0.5) is 10.1 Å². The van der Waals surface area contributed by atoms with Gasteiger partial charge in [0.05, 0.1) is 5.41 Å². The van der Waals surface area contributed by atoms with Crippen LogP contribution in [0.3, 0.4) is 0 Å². The summed E-state index contributed by atoms with van der Waals surface area (Å²) in [4.78, 5) is 16.0. The first-order chi connectivity index (χ1) is 11.2. The van der Waals surface area contributed by atoms with Crippen LogP contribution in [0.1, 0.15) is 52.5 Å². The molecule has 0 saturated heterocycles. The topological polar surface area (TPSA) is 20.3 Å². The molecule has 4 heteroatoms. The molecular weight excluding hydrogens is 369 g/mol. The standard InChI is InChI=1S/C20H25BrFNO/c1-12-5-6-13-11-14(22)7-8-15(13)23(12)17(24)20-10-9-19(4,16(20)21)18(20,2)3/h7-8,11-12,16H,5-6,9-10H2,1-4H3. The fourth-order valence-electron chi connectivity index (χ4n) is 5.67. The zero-order valence-corrected chi connectivity index (χ0v) is 16.4. The minimum atomic E-state index is -0.348. The molecule has 3 fully saturated rings. The normalized spacial score (nSPS) is 39.3. The van der Waals surface area contributed by atoms with Gasteiger partial charge in [0, 0.05) is 16.6 Å². The molecule has 0 N–H and O–H groups in total. The Kier molecular flexibility index (Phi) is 3.34. The maximum absolute atomic E-state index is 13.8. The molecule has 3 saturated carbocycles. The highest BCUT2D eigenvalue weighted by atomic mass is 79.9. The molecule has 24 heavy (non-hydrogen) atoms. The number of hydrogen-bond acceptors (Lipinski definition) is 1. The van der Waals surface area contributed by atoms with Gasteiger partial charge in [0.1, 0.15) is 5.82 Å². The quantitative estimate of drug-likeness (QED) is 0.608. The largest absolute Gasteiger partial charge is 0.309 e. The SMILES string of the molecule is CC1CCc2cc(F)ccc2N1C(=O)C12CCC(C)(C1Br)C2(C)C. The Morgan fingerprint density at radius 3 is 2.58 bits per heavy atom. The Morgan fingerprint density at radius 1 is 1.29 bits per heavy atom. The molecule has 1 aliphatic heterocycles. The molecule has 5 rings (SSSR count). The van der Waals surface area contributed by atoms with E-state index in [9.17, 15) is 9.18 Å². The third kappa shape index (κ3) is 1.64. The van der Waals surface area contributed by atoms with Gasteiger partial charge in [-0.3, -0.25) is 4.79 Å². The average molecular weight is 394 g/mol. The molecule has 130 valence electrons. The number of anilines is 1. The Morgan fingerprint density at radius 2 is 2.00 bits per heavy atom. The molecule has 1 heterocycles. The molecule has 2 bridgehead atoms. The maximum Gasteiger partial charge on any atom is 0.235 e. The first-order valence-electron chi connectivity index (χ1n) is 8.93. The van der Waals surface area contributed by atoms with Crippen LogP contribution in [0.25, 0.3) is 0 Å². The Balaban J connectivity index is 1.79. The number of rotatable bonds is 1. The van der Waals surface area contributed by atoms with Gasteiger partial charge in [-0.15, -0.1) is 0 Å². The number of benzene rings is 1. The first kappa shape index (κ1) is 16.6. The van der Waals surface area contributed by atoms with Crippen molar-refractivity contribution in [1.29, 1.82) is 0 Å². The second-order valence-corrected chi connectivity index (χ2v) is 9.63. The van der Waals surface area contributed by atoms with E-state index in [0.717, 1.165) is 36.9 Å². The summed E-state index contributed by atoms with van der Waals surface area (Å²) in [5, 5.41) is 0. The van der Waals surface area contributed by atoms with Crippen molar-refractivity contribution in [2.75, 3.05) is 4.90 Å². The highest BCUT2D eigenvalue weighted by Crippen LogP contribution is 2.80. The van der Waals surface area contributed by atoms with Gasteiger partial charge >= 0.3 is 0 Å². The lowest BCUT2D eigenvalue weighted by Gasteiger charge is -2.65. The van der Waals surface area contributed by atoms with Crippen molar-refractivity contribution >= 4 is 27.5 Å². The van der Waals surface area contributed by atoms with E-state index in [1.54, 1.807) is 12.1 Å². The number of halogens is 2. The van der Waals surface area contributed by atoms with Crippen molar-refractivity contribution in [3.8, 4) is 0 Å². The number of carbonyl (C=O) groups is 1. The molecule has 4 atom stereocenters. The summed E-state index contributed by atoms with van der Waals surface area (Å²) in [6.45, 7) is 8.91. The minimum Gasteiger partial charge on any atom is -0.309 e. The van der Waals surface area contributed by atoms with Gasteiger partial charge in [0.15, 0.2) is 0 Å². The van der Waals surface area contributed by atoms with E-state index in [1.165, 1.54) is 6.07 Å². The number of fused-ring (bicyclic) bond motifs is 2. The predicted octanol–water partition coefficient (Wildman–Crippen LogP) is 5.08. The number of carbonyl (C=O) groups excluding carboxylic acids is 1. The van der Waals surface area contributed by atoms with Crippen molar-refractivity contribution in [3.05, 3.63) is 29.6 Å². The van der Waals surface area contributed by atoms with Crippen molar-refractivity contribution in [2.45, 2.75) is 64.2 Å². The fourth-order valence-corrected chi connectivity index (χ4v) is 7.47. The van der Waals surface area contributed by atoms with Crippen LogP contribution in [-0.4, -0.2) is 16.8 Å². The van der Waals surface area contributed by atoms with Gasteiger partial charge in [-0.25, -0.2) is 4.39 Å². The Bertz CT molecular complexity index is 732. The van der Waals surface area contributed by atoms with Crippen LogP contribution < -0.4 is 4.90 Å². The summed E-state index contributed by atoms with van der Waals surface area (Å²) in [6, 6.07) is 5.02. The van der Waals surface area contributed by atoms with E-state index in [2.05, 4.69) is 43.6 Å². The molecule has 1 amide bonds. The van der Waals surface area contributed by atoms with E-state index >= 15 is 0 Å². The monoisotopic (exact) mass is 393 g/mol. The van der Waals surface area contributed by atoms with E-state index < -0.39 is 0 Å². The molecule has 2 nitrogen and oxygen atoms in total. The summed E-state index contributed by atoms with van der Waals surface area (Å²) in [6.07, 6.45) is 3.75. The zero-order valence-electron chi connectivity index (χ0n) is 14.8. The molecule has 1 aromatic carbocycles. The third-order valence-corrected chi connectivity index (χ3v) is 9.54. The highest BCUT2D eigenvalue weighted by molar-refractivity contribution is 9.09. The predicted molar refractivity (Wildman–Crippen MR) is 97.9 cm³/mol. The maximum atomic E-state index is 13.8. The van der Waals surface area contributed by atoms with Crippen molar-refractivity contribution in [3.63, 3.8) is 0 Å². The van der Waals surface area contributed by atoms with Crippen LogP contribution in [0.5, 0.6) is 0 Å². The molecule has 0 radical (unpaired) electrons. The molecule has 3 aliphatic carbocycles. The zero-order chi connectivity index (χ0) is 17.5. The summed E-state index contributed by atoms with van der Waals surface area (Å²) in [5.41, 5.74) is 1.67. The smallest absolute Gasteiger partial charge is 0.235 e. The number of alkyl halides is 1. The lowest BCUT2D eigenvalue weighted by Crippen LogP contribution is -2.70. The van der Waals surface area contributed by atoms with Crippen LogP contribution in [0.2, 0.25) is 0 Å². The molecule has 0 aromatic heterocycles. The Labute approximate surface area is 151 Å². The first-order valence-corrected chi connectivity index (χ1v) is 9.84. The lowest BCUT2D eigenvalue weighted by atomic mass is 9.43. The number of hydrogen-bond donors (Lipinski definition) is 0. The number of nitrogens with zero attached hydrogens (tertiary/aromatic N) is 1. The number of aryl methyl sites for hydroxylation is 1. The van der Waals surface area contributed by atoms with Crippen LogP contribution in [-0.2, 0) is 11.2 Å². The van der Waals surface area contributed by atoms with Gasteiger partial charge in [-0.05, 0) is 67.2 Å². The van der Waals surface area contributed by atoms with Gasteiger partial charge in [-0.2, -0.15) is 0 Å². The van der Waals surface area contributed by atoms with E-state index in [0.29, 0.717) is 0 Å². The van der Waals surface area contributed by atoms with Gasteiger partial charge < -0.3 is 4.90 Å². The lowest BCUT2D eigenvalue weighted by molar-refractivity contribution is -0.159. The summed E-state index contributed by atoms with van der Waals surface area (Å²) in [5.74, 6) is 0.00839. The highest BCUT2D eigenvalue weighted by Gasteiger charge is 2.80. The average Bonchev–Trinajstić information content (AvgIpc) is 2.94. The van der Waals surface area contributed by atoms with E-state index in [-0.39, 0.29) is 38.8 Å². The third-order valence-electron chi connectivity index (χ3n) is 7.75. The second-order valence-electron chi connectivity index (χ2n) is 8.71. The van der Waals surface area contributed by atoms with Gasteiger partial charge in [0.2, 0.25) is 5.91 Å². The van der Waals surface area contributed by atoms with Gasteiger partial charge in [0.25, 0.3) is 0 Å². The van der Waals surface area contributed by atoms with E-state index in [4.69, 9.17) is 0 Å². The molecule has 4 unspecified atom stereocenters. The van der Waals surface area contributed by atoms with Crippen molar-refractivity contribution in [1.82, 2.24) is 0 Å². The second kappa shape index (κ2) is 4.84. The molecular formula is C20H25BrFNO. The van der Waals surface area contributed by atoms with E-state index in [1.807, 2.05) is 4.90 Å². The van der Waals surface area contributed by atoms with Crippen LogP contribution >= 0.6 is 15.9 Å². The molecule has 4 aliphatic rings. The van der Waals surface area contributed by atoms with Crippen LogP contribution in [0.15, 0.2) is 18.2 Å². The summed E-state index contributed by atoms with van der Waals surface area (Å²) in [7, 11) is 0. The summed E-state index contributed by atoms with van der Waals surface area (Å²) < 4.78 is 13.6. The van der Waals surface area contributed by atoms with Crippen molar-refractivity contribution < 1.29 is 9.18 Å². The van der Waals surface area contributed by atoms with Gasteiger partial charge in [-0.1, -0.05) is 36.7 Å². The van der Waals surface area contributed by atoms with Crippen LogP contribution in [0, 0.1) is 22.1 Å². The molecule has 1 aromatic rings. The number of amides is 1. The minimum absolute atomic E-state index is 0.0252. The summed E-state index contributed by atoms with van der Waals surface area (Å²) >= 11 is 3.87. The van der Waals surface area contributed by atoms with Crippen molar-refractivity contribution in [2.24, 2.45) is 16.2 Å². The Hall–Kier alpha value is -0.900.